The Bertz CT molecular complexity index is 577. The molecular formula is C15H17NO4. The van der Waals surface area contributed by atoms with Crippen LogP contribution in [0, 0.1) is 11.3 Å². The maximum absolute atomic E-state index is 12.6. The molecular weight excluding hydrogens is 258 g/mol. The summed E-state index contributed by atoms with van der Waals surface area (Å²) in [5, 5.41) is 2.70. The van der Waals surface area contributed by atoms with E-state index in [-0.39, 0.29) is 18.3 Å². The highest BCUT2D eigenvalue weighted by Crippen LogP contribution is 2.37. The number of esters is 1. The third-order valence-electron chi connectivity index (χ3n) is 3.53. The molecule has 1 N–H and O–H groups in total. The van der Waals surface area contributed by atoms with E-state index < -0.39 is 17.3 Å². The normalized spacial score (nSPS) is 20.6. The average Bonchev–Trinajstić information content (AvgIpc) is 2.45. The molecule has 0 saturated carbocycles. The van der Waals surface area contributed by atoms with Gasteiger partial charge in [0.25, 0.3) is 0 Å². The van der Waals surface area contributed by atoms with Crippen LogP contribution in [0.4, 0.5) is 5.69 Å². The highest BCUT2D eigenvalue weighted by molar-refractivity contribution is 6.19. The van der Waals surface area contributed by atoms with Gasteiger partial charge in [-0.3, -0.25) is 14.4 Å². The fraction of sp³-hybridized carbons (Fsp3) is 0.400. The molecule has 1 unspecified atom stereocenters. The molecule has 1 atom stereocenters. The quantitative estimate of drug-likeness (QED) is 0.662. The van der Waals surface area contributed by atoms with Crippen LogP contribution in [0.3, 0.4) is 0 Å². The Balaban J connectivity index is 2.56. The predicted octanol–water partition coefficient (Wildman–Crippen LogP) is 2.03. The Morgan fingerprint density at radius 2 is 1.95 bits per heavy atom. The highest BCUT2D eigenvalue weighted by Gasteiger charge is 2.49. The Hall–Kier alpha value is -2.17. The molecule has 5 heteroatoms. The lowest BCUT2D eigenvalue weighted by Crippen LogP contribution is -2.44. The third kappa shape index (κ3) is 2.19. The molecule has 1 heterocycles. The van der Waals surface area contributed by atoms with Crippen LogP contribution in [-0.2, 0) is 14.3 Å². The van der Waals surface area contributed by atoms with E-state index in [1.807, 2.05) is 0 Å². The average molecular weight is 275 g/mol. The number of ether oxygens (including phenoxy) is 1. The van der Waals surface area contributed by atoms with Gasteiger partial charge in [0.2, 0.25) is 5.91 Å². The Labute approximate surface area is 117 Å². The molecule has 0 aliphatic carbocycles. The molecule has 1 aromatic rings. The Morgan fingerprint density at radius 3 is 2.60 bits per heavy atom. The number of amides is 1. The zero-order valence-electron chi connectivity index (χ0n) is 11.7. The fourth-order valence-electron chi connectivity index (χ4n) is 2.33. The van der Waals surface area contributed by atoms with E-state index in [1.54, 1.807) is 45.0 Å². The molecule has 0 spiro atoms. The lowest BCUT2D eigenvalue weighted by atomic mass is 9.75. The van der Waals surface area contributed by atoms with Gasteiger partial charge in [0, 0.05) is 5.56 Å². The van der Waals surface area contributed by atoms with Crippen LogP contribution < -0.4 is 5.32 Å². The number of fused-ring (bicyclic) bond motifs is 1. The van der Waals surface area contributed by atoms with Crippen molar-refractivity contribution in [1.82, 2.24) is 0 Å². The number of Topliss-reactive ketones (excluding diaryl/α,β-unsaturated/α-hetero) is 1. The number of carbonyl (C=O) groups excluding carboxylic acids is 3. The van der Waals surface area contributed by atoms with Gasteiger partial charge in [-0.1, -0.05) is 12.1 Å². The Morgan fingerprint density at radius 1 is 1.30 bits per heavy atom. The predicted molar refractivity (Wildman–Crippen MR) is 73.3 cm³/mol. The van der Waals surface area contributed by atoms with Gasteiger partial charge < -0.3 is 10.1 Å². The first-order valence-electron chi connectivity index (χ1n) is 6.51. The molecule has 1 amide bonds. The third-order valence-corrected chi connectivity index (χ3v) is 3.53. The van der Waals surface area contributed by atoms with Crippen molar-refractivity contribution in [2.75, 3.05) is 11.9 Å². The zero-order chi connectivity index (χ0) is 14.9. The second kappa shape index (κ2) is 5.07. The van der Waals surface area contributed by atoms with Crippen molar-refractivity contribution < 1.29 is 19.1 Å². The van der Waals surface area contributed by atoms with Crippen molar-refractivity contribution in [3.63, 3.8) is 0 Å². The first kappa shape index (κ1) is 14.2. The summed E-state index contributed by atoms with van der Waals surface area (Å²) in [5.74, 6) is -2.54. The maximum atomic E-state index is 12.6. The highest BCUT2D eigenvalue weighted by atomic mass is 16.5. The summed E-state index contributed by atoms with van der Waals surface area (Å²) in [6.45, 7) is 4.99. The Kier molecular flexibility index (Phi) is 3.61. The number of hydrogen-bond donors (Lipinski definition) is 1. The van der Waals surface area contributed by atoms with E-state index in [2.05, 4.69) is 5.32 Å². The van der Waals surface area contributed by atoms with Crippen LogP contribution in [-0.4, -0.2) is 24.3 Å². The lowest BCUT2D eigenvalue weighted by molar-refractivity contribution is -0.152. The van der Waals surface area contributed by atoms with Crippen molar-refractivity contribution in [3.8, 4) is 0 Å². The number of rotatable bonds is 2. The molecule has 1 aliphatic rings. The first-order chi connectivity index (χ1) is 9.39. The van der Waals surface area contributed by atoms with E-state index in [0.29, 0.717) is 11.3 Å². The second-order valence-corrected chi connectivity index (χ2v) is 5.27. The van der Waals surface area contributed by atoms with Crippen LogP contribution in [0.5, 0.6) is 0 Å². The van der Waals surface area contributed by atoms with Gasteiger partial charge in [0.15, 0.2) is 5.78 Å². The summed E-state index contributed by atoms with van der Waals surface area (Å²) in [6.07, 6.45) is 0. The van der Waals surface area contributed by atoms with Crippen molar-refractivity contribution in [2.24, 2.45) is 11.3 Å². The van der Waals surface area contributed by atoms with Crippen LogP contribution in [0.15, 0.2) is 24.3 Å². The molecule has 2 rings (SSSR count). The summed E-state index contributed by atoms with van der Waals surface area (Å²) in [7, 11) is 0. The number of hydrogen-bond acceptors (Lipinski definition) is 4. The van der Waals surface area contributed by atoms with Crippen LogP contribution in [0.1, 0.15) is 31.1 Å². The molecule has 0 bridgehead atoms. The van der Waals surface area contributed by atoms with E-state index in [1.165, 1.54) is 0 Å². The van der Waals surface area contributed by atoms with E-state index in [4.69, 9.17) is 4.74 Å². The standard InChI is InChI=1S/C15H17NO4/c1-4-20-13(18)11-12(17)9-7-5-6-8-10(9)16-14(19)15(11,2)3/h5-8,11H,4H2,1-3H3,(H,16,19). The van der Waals surface area contributed by atoms with Crippen LogP contribution in [0.2, 0.25) is 0 Å². The molecule has 5 nitrogen and oxygen atoms in total. The smallest absolute Gasteiger partial charge is 0.317 e. The van der Waals surface area contributed by atoms with Gasteiger partial charge in [0.05, 0.1) is 17.7 Å². The maximum Gasteiger partial charge on any atom is 0.317 e. The molecule has 20 heavy (non-hydrogen) atoms. The monoisotopic (exact) mass is 275 g/mol. The minimum absolute atomic E-state index is 0.169. The van der Waals surface area contributed by atoms with Gasteiger partial charge in [0.1, 0.15) is 5.92 Å². The number of carbonyl (C=O) groups is 3. The summed E-state index contributed by atoms with van der Waals surface area (Å²) in [5.41, 5.74) is -0.394. The zero-order valence-corrected chi connectivity index (χ0v) is 11.7. The molecule has 0 fully saturated rings. The van der Waals surface area contributed by atoms with Crippen LogP contribution >= 0.6 is 0 Å². The van der Waals surface area contributed by atoms with Gasteiger partial charge in [-0.05, 0) is 32.9 Å². The molecule has 0 saturated heterocycles. The summed E-state index contributed by atoms with van der Waals surface area (Å²) < 4.78 is 4.97. The van der Waals surface area contributed by atoms with Crippen molar-refractivity contribution >= 4 is 23.3 Å². The fourth-order valence-corrected chi connectivity index (χ4v) is 2.33. The van der Waals surface area contributed by atoms with Crippen LogP contribution in [0.25, 0.3) is 0 Å². The van der Waals surface area contributed by atoms with Gasteiger partial charge >= 0.3 is 5.97 Å². The minimum atomic E-state index is -1.16. The van der Waals surface area contributed by atoms with E-state index in [0.717, 1.165) is 0 Å². The number of anilines is 1. The van der Waals surface area contributed by atoms with Crippen molar-refractivity contribution in [3.05, 3.63) is 29.8 Å². The lowest BCUT2D eigenvalue weighted by Gasteiger charge is -2.27. The van der Waals surface area contributed by atoms with Crippen molar-refractivity contribution in [1.29, 1.82) is 0 Å². The largest absolute Gasteiger partial charge is 0.465 e. The first-order valence-corrected chi connectivity index (χ1v) is 6.51. The summed E-state index contributed by atoms with van der Waals surface area (Å²) in [4.78, 5) is 37.0. The number of para-hydroxylation sites is 1. The molecule has 0 aromatic heterocycles. The SMILES string of the molecule is CCOC(=O)C1C(=O)c2ccccc2NC(=O)C1(C)C. The summed E-state index contributed by atoms with van der Waals surface area (Å²) in [6, 6.07) is 6.67. The van der Waals surface area contributed by atoms with E-state index in [9.17, 15) is 14.4 Å². The van der Waals surface area contributed by atoms with Gasteiger partial charge in [-0.15, -0.1) is 0 Å². The molecule has 0 radical (unpaired) electrons. The van der Waals surface area contributed by atoms with E-state index >= 15 is 0 Å². The second-order valence-electron chi connectivity index (χ2n) is 5.27. The van der Waals surface area contributed by atoms with Gasteiger partial charge in [-0.2, -0.15) is 0 Å². The molecule has 106 valence electrons. The number of benzene rings is 1. The minimum Gasteiger partial charge on any atom is -0.465 e. The van der Waals surface area contributed by atoms with Crippen molar-refractivity contribution in [2.45, 2.75) is 20.8 Å². The molecule has 1 aliphatic heterocycles. The summed E-state index contributed by atoms with van der Waals surface area (Å²) >= 11 is 0. The van der Waals surface area contributed by atoms with Gasteiger partial charge in [-0.25, -0.2) is 0 Å². The molecule has 1 aromatic carbocycles. The number of ketones is 1. The number of nitrogens with one attached hydrogen (secondary N) is 1. The topological polar surface area (TPSA) is 72.5 Å².